The van der Waals surface area contributed by atoms with Gasteiger partial charge in [-0.1, -0.05) is 12.5 Å². The number of nitrogens with zero attached hydrogens (tertiary/aromatic N) is 1. The van der Waals surface area contributed by atoms with E-state index < -0.39 is 0 Å². The first-order valence-electron chi connectivity index (χ1n) is 5.98. The summed E-state index contributed by atoms with van der Waals surface area (Å²) in [6.45, 7) is 2.19. The Kier molecular flexibility index (Phi) is 3.77. The molecule has 1 aromatic rings. The lowest BCUT2D eigenvalue weighted by molar-refractivity contribution is -0.126. The maximum Gasteiger partial charge on any atom is 0.149 e. The molecule has 1 aliphatic carbocycles. The summed E-state index contributed by atoms with van der Waals surface area (Å²) in [5, 5.41) is 2.10. The minimum atomic E-state index is 0.144. The second-order valence-electron chi connectivity index (χ2n) is 4.58. The molecule has 0 aromatic carbocycles. The van der Waals surface area contributed by atoms with E-state index in [1.54, 1.807) is 11.3 Å². The zero-order chi connectivity index (χ0) is 11.5. The van der Waals surface area contributed by atoms with Crippen molar-refractivity contribution in [2.45, 2.75) is 44.7 Å². The third-order valence-electron chi connectivity index (χ3n) is 3.58. The first kappa shape index (κ1) is 11.8. The van der Waals surface area contributed by atoms with Crippen LogP contribution in [0.5, 0.6) is 0 Å². The second-order valence-corrected chi connectivity index (χ2v) is 5.56. The molecule has 1 heterocycles. The summed E-state index contributed by atoms with van der Waals surface area (Å²) < 4.78 is 0. The second kappa shape index (κ2) is 5.11. The monoisotopic (exact) mass is 237 g/mol. The van der Waals surface area contributed by atoms with Gasteiger partial charge >= 0.3 is 0 Å². The van der Waals surface area contributed by atoms with Crippen LogP contribution in [0.15, 0.2) is 17.5 Å². The van der Waals surface area contributed by atoms with Crippen molar-refractivity contribution < 1.29 is 4.79 Å². The Morgan fingerprint density at radius 2 is 2.31 bits per heavy atom. The highest BCUT2D eigenvalue weighted by atomic mass is 32.1. The minimum Gasteiger partial charge on any atom is -0.298 e. The molecule has 16 heavy (non-hydrogen) atoms. The number of hydrogen-bond acceptors (Lipinski definition) is 3. The van der Waals surface area contributed by atoms with Gasteiger partial charge in [0.05, 0.1) is 6.04 Å². The van der Waals surface area contributed by atoms with E-state index in [0.717, 1.165) is 19.3 Å². The van der Waals surface area contributed by atoms with E-state index in [1.807, 2.05) is 0 Å². The van der Waals surface area contributed by atoms with Gasteiger partial charge in [-0.15, -0.1) is 11.3 Å². The van der Waals surface area contributed by atoms with Crippen LogP contribution in [-0.2, 0) is 4.79 Å². The van der Waals surface area contributed by atoms with Gasteiger partial charge in [-0.05, 0) is 38.3 Å². The molecule has 2 atom stereocenters. The number of carbonyl (C=O) groups is 1. The van der Waals surface area contributed by atoms with Crippen molar-refractivity contribution >= 4 is 17.1 Å². The molecule has 1 fully saturated rings. The zero-order valence-corrected chi connectivity index (χ0v) is 10.8. The first-order valence-corrected chi connectivity index (χ1v) is 6.86. The molecule has 0 radical (unpaired) electrons. The number of ketones is 1. The molecule has 1 aliphatic rings. The fourth-order valence-electron chi connectivity index (χ4n) is 2.39. The van der Waals surface area contributed by atoms with Gasteiger partial charge in [0.2, 0.25) is 0 Å². The zero-order valence-electron chi connectivity index (χ0n) is 9.98. The predicted octanol–water partition coefficient (Wildman–Crippen LogP) is 3.25. The van der Waals surface area contributed by atoms with Crippen LogP contribution in [0.4, 0.5) is 0 Å². The molecule has 0 aliphatic heterocycles. The van der Waals surface area contributed by atoms with E-state index in [1.165, 1.54) is 11.3 Å². The predicted molar refractivity (Wildman–Crippen MR) is 67.8 cm³/mol. The quantitative estimate of drug-likeness (QED) is 0.804. The molecule has 3 heteroatoms. The van der Waals surface area contributed by atoms with E-state index in [-0.39, 0.29) is 6.04 Å². The number of likely N-dealkylation sites (N-methyl/N-ethyl adjacent to an activating group) is 1. The molecule has 0 saturated heterocycles. The van der Waals surface area contributed by atoms with Crippen molar-refractivity contribution in [1.82, 2.24) is 4.90 Å². The highest BCUT2D eigenvalue weighted by Crippen LogP contribution is 2.29. The van der Waals surface area contributed by atoms with Gasteiger partial charge in [0.1, 0.15) is 5.78 Å². The Labute approximate surface area is 101 Å². The lowest BCUT2D eigenvalue weighted by Gasteiger charge is -2.34. The molecular weight excluding hydrogens is 218 g/mol. The number of Topliss-reactive ketones (excluding diaryl/α,β-unsaturated/α-hetero) is 1. The van der Waals surface area contributed by atoms with E-state index in [2.05, 4.69) is 36.4 Å². The largest absolute Gasteiger partial charge is 0.298 e. The summed E-state index contributed by atoms with van der Waals surface area (Å²) in [6.07, 6.45) is 4.08. The summed E-state index contributed by atoms with van der Waals surface area (Å²) in [5.74, 6) is 0.428. The lowest BCUT2D eigenvalue weighted by atomic mass is 9.92. The molecule has 1 saturated carbocycles. The highest BCUT2D eigenvalue weighted by molar-refractivity contribution is 7.10. The Hall–Kier alpha value is -0.670. The van der Waals surface area contributed by atoms with Crippen molar-refractivity contribution in [2.75, 3.05) is 7.05 Å². The molecule has 88 valence electrons. The molecule has 0 bridgehead atoms. The highest BCUT2D eigenvalue weighted by Gasteiger charge is 2.29. The number of hydrogen-bond donors (Lipinski definition) is 0. The van der Waals surface area contributed by atoms with Gasteiger partial charge in [-0.25, -0.2) is 0 Å². The third-order valence-corrected chi connectivity index (χ3v) is 4.62. The van der Waals surface area contributed by atoms with Crippen LogP contribution < -0.4 is 0 Å². The third kappa shape index (κ3) is 2.36. The van der Waals surface area contributed by atoms with Crippen molar-refractivity contribution in [3.8, 4) is 0 Å². The molecule has 0 amide bonds. The fraction of sp³-hybridized carbons (Fsp3) is 0.615. The summed E-state index contributed by atoms with van der Waals surface area (Å²) in [6, 6.07) is 4.73. The van der Waals surface area contributed by atoms with E-state index in [0.29, 0.717) is 11.8 Å². The first-order chi connectivity index (χ1) is 7.70. The molecule has 2 unspecified atom stereocenters. The topological polar surface area (TPSA) is 20.3 Å². The SMILES string of the molecule is CC(c1cccs1)N(C)C1CCCCC1=O. The molecule has 2 nitrogen and oxygen atoms in total. The summed E-state index contributed by atoms with van der Waals surface area (Å²) in [5.41, 5.74) is 0. The Balaban J connectivity index is 2.06. The number of rotatable bonds is 3. The maximum atomic E-state index is 11.9. The lowest BCUT2D eigenvalue weighted by Crippen LogP contribution is -2.41. The number of thiophene rings is 1. The fourth-order valence-corrected chi connectivity index (χ4v) is 3.23. The summed E-state index contributed by atoms with van der Waals surface area (Å²) in [4.78, 5) is 15.5. The standard InChI is InChI=1S/C13H19NOS/c1-10(13-8-5-9-16-13)14(2)11-6-3-4-7-12(11)15/h5,8-11H,3-4,6-7H2,1-2H3. The van der Waals surface area contributed by atoms with Crippen molar-refractivity contribution in [1.29, 1.82) is 0 Å². The maximum absolute atomic E-state index is 11.9. The smallest absolute Gasteiger partial charge is 0.149 e. The summed E-state index contributed by atoms with van der Waals surface area (Å²) in [7, 11) is 2.08. The summed E-state index contributed by atoms with van der Waals surface area (Å²) >= 11 is 1.77. The van der Waals surface area contributed by atoms with Crippen LogP contribution in [-0.4, -0.2) is 23.8 Å². The van der Waals surface area contributed by atoms with Crippen LogP contribution >= 0.6 is 11.3 Å². The molecule has 1 aromatic heterocycles. The van der Waals surface area contributed by atoms with Gasteiger partial charge in [0.25, 0.3) is 0 Å². The van der Waals surface area contributed by atoms with Crippen LogP contribution in [0.2, 0.25) is 0 Å². The van der Waals surface area contributed by atoms with Crippen LogP contribution in [0.3, 0.4) is 0 Å². The Bertz CT molecular complexity index is 347. The molecule has 0 N–H and O–H groups in total. The Morgan fingerprint density at radius 1 is 1.50 bits per heavy atom. The molecule has 0 spiro atoms. The van der Waals surface area contributed by atoms with Crippen LogP contribution in [0.1, 0.15) is 43.5 Å². The average Bonchev–Trinajstić information content (AvgIpc) is 2.81. The minimum absolute atomic E-state index is 0.144. The van der Waals surface area contributed by atoms with Crippen LogP contribution in [0.25, 0.3) is 0 Å². The van der Waals surface area contributed by atoms with Crippen LogP contribution in [0, 0.1) is 0 Å². The van der Waals surface area contributed by atoms with Crippen molar-refractivity contribution in [3.05, 3.63) is 22.4 Å². The molecular formula is C13H19NOS. The molecule has 2 rings (SSSR count). The number of carbonyl (C=O) groups excluding carboxylic acids is 1. The van der Waals surface area contributed by atoms with Gasteiger partial charge in [0.15, 0.2) is 0 Å². The van der Waals surface area contributed by atoms with Crippen molar-refractivity contribution in [2.24, 2.45) is 0 Å². The van der Waals surface area contributed by atoms with Crippen molar-refractivity contribution in [3.63, 3.8) is 0 Å². The normalized spacial score (nSPS) is 23.7. The Morgan fingerprint density at radius 3 is 2.94 bits per heavy atom. The van der Waals surface area contributed by atoms with Gasteiger partial charge in [0, 0.05) is 17.3 Å². The van der Waals surface area contributed by atoms with E-state index >= 15 is 0 Å². The van der Waals surface area contributed by atoms with Gasteiger partial charge in [-0.3, -0.25) is 9.69 Å². The average molecular weight is 237 g/mol. The van der Waals surface area contributed by atoms with Gasteiger partial charge < -0.3 is 0 Å². The van der Waals surface area contributed by atoms with E-state index in [4.69, 9.17) is 0 Å². The van der Waals surface area contributed by atoms with E-state index in [9.17, 15) is 4.79 Å². The van der Waals surface area contributed by atoms with Gasteiger partial charge in [-0.2, -0.15) is 0 Å².